The van der Waals surface area contributed by atoms with Crippen molar-refractivity contribution in [2.45, 2.75) is 38.8 Å². The lowest BCUT2D eigenvalue weighted by atomic mass is 10.0. The molecule has 1 aliphatic heterocycles. The molecule has 2 unspecified atom stereocenters. The van der Waals surface area contributed by atoms with E-state index in [1.165, 1.54) is 5.56 Å². The largest absolute Gasteiger partial charge is 0.508 e. The van der Waals surface area contributed by atoms with Gasteiger partial charge in [0.1, 0.15) is 11.5 Å². The fourth-order valence-corrected chi connectivity index (χ4v) is 3.70. The number of hydrogen-bond donors (Lipinski definition) is 1. The van der Waals surface area contributed by atoms with E-state index >= 15 is 0 Å². The molecule has 0 saturated carbocycles. The highest BCUT2D eigenvalue weighted by Crippen LogP contribution is 2.26. The van der Waals surface area contributed by atoms with E-state index in [9.17, 15) is 9.90 Å². The second-order valence-electron chi connectivity index (χ2n) is 7.30. The lowest BCUT2D eigenvalue weighted by Gasteiger charge is -2.42. The number of hydrogen-bond acceptors (Lipinski definition) is 4. The average Bonchev–Trinajstić information content (AvgIpc) is 2.67. The Bertz CT molecular complexity index is 775. The van der Waals surface area contributed by atoms with Crippen LogP contribution >= 0.6 is 0 Å². The Balaban J connectivity index is 1.61. The number of aromatic hydroxyl groups is 1. The first-order valence-electron chi connectivity index (χ1n) is 9.46. The minimum atomic E-state index is 0.106. The fourth-order valence-electron chi connectivity index (χ4n) is 3.70. The van der Waals surface area contributed by atoms with Crippen molar-refractivity contribution in [1.82, 2.24) is 4.90 Å². The number of nitrogens with zero attached hydrogens (tertiary/aromatic N) is 2. The van der Waals surface area contributed by atoms with Crippen LogP contribution in [0.5, 0.6) is 11.5 Å². The standard InChI is InChI=1S/C22H28N2O3/c1-16(7-8-18-9-11-20(25)12-10-18)23-14-17(2)24(22(26)15-23)19-5-4-6-21(13-19)27-3/h4-6,9-13,16-17,25H,7-8,14-15H2,1-3H3. The summed E-state index contributed by atoms with van der Waals surface area (Å²) in [5.74, 6) is 1.18. The monoisotopic (exact) mass is 368 g/mol. The van der Waals surface area contributed by atoms with Gasteiger partial charge in [0.2, 0.25) is 5.91 Å². The molecule has 1 heterocycles. The third-order valence-electron chi connectivity index (χ3n) is 5.29. The van der Waals surface area contributed by atoms with Gasteiger partial charge in [0, 0.05) is 30.4 Å². The van der Waals surface area contributed by atoms with Crippen LogP contribution in [0.1, 0.15) is 25.8 Å². The van der Waals surface area contributed by atoms with E-state index in [2.05, 4.69) is 18.7 Å². The number of carbonyl (C=O) groups excluding carboxylic acids is 1. The normalized spacial score (nSPS) is 19.1. The smallest absolute Gasteiger partial charge is 0.241 e. The first kappa shape index (κ1) is 19.2. The Hall–Kier alpha value is -2.53. The lowest BCUT2D eigenvalue weighted by molar-refractivity contribution is -0.122. The molecule has 1 N–H and O–H groups in total. The van der Waals surface area contributed by atoms with Crippen LogP contribution in [-0.4, -0.2) is 48.2 Å². The number of anilines is 1. The summed E-state index contributed by atoms with van der Waals surface area (Å²) in [6.45, 7) is 5.55. The van der Waals surface area contributed by atoms with Crippen LogP contribution in [0.4, 0.5) is 5.69 Å². The fraction of sp³-hybridized carbons (Fsp3) is 0.409. The van der Waals surface area contributed by atoms with Gasteiger partial charge in [-0.3, -0.25) is 9.69 Å². The molecule has 1 amide bonds. The van der Waals surface area contributed by atoms with Gasteiger partial charge in [-0.1, -0.05) is 18.2 Å². The van der Waals surface area contributed by atoms with E-state index in [0.717, 1.165) is 30.8 Å². The Morgan fingerprint density at radius 1 is 1.22 bits per heavy atom. The molecule has 0 radical (unpaired) electrons. The topological polar surface area (TPSA) is 53.0 Å². The van der Waals surface area contributed by atoms with E-state index in [1.54, 1.807) is 19.2 Å². The maximum Gasteiger partial charge on any atom is 0.241 e. The van der Waals surface area contributed by atoms with E-state index in [0.29, 0.717) is 18.3 Å². The molecule has 5 nitrogen and oxygen atoms in total. The number of phenolic OH excluding ortho intramolecular Hbond substituents is 1. The third kappa shape index (κ3) is 4.61. The summed E-state index contributed by atoms with van der Waals surface area (Å²) in [5.41, 5.74) is 2.09. The number of aryl methyl sites for hydroxylation is 1. The molecule has 2 aromatic carbocycles. The lowest BCUT2D eigenvalue weighted by Crippen LogP contribution is -2.57. The minimum Gasteiger partial charge on any atom is -0.508 e. The number of rotatable bonds is 6. The van der Waals surface area contributed by atoms with Crippen molar-refractivity contribution in [2.75, 3.05) is 25.1 Å². The number of benzene rings is 2. The maximum absolute atomic E-state index is 12.8. The predicted molar refractivity (Wildman–Crippen MR) is 107 cm³/mol. The third-order valence-corrected chi connectivity index (χ3v) is 5.29. The van der Waals surface area contributed by atoms with Crippen molar-refractivity contribution in [3.05, 3.63) is 54.1 Å². The molecule has 3 rings (SSSR count). The van der Waals surface area contributed by atoms with Gasteiger partial charge in [-0.15, -0.1) is 0 Å². The van der Waals surface area contributed by atoms with Crippen LogP contribution in [0.2, 0.25) is 0 Å². The molecule has 5 heteroatoms. The average molecular weight is 368 g/mol. The highest BCUT2D eigenvalue weighted by Gasteiger charge is 2.32. The zero-order chi connectivity index (χ0) is 19.4. The van der Waals surface area contributed by atoms with Gasteiger partial charge in [-0.05, 0) is 56.5 Å². The van der Waals surface area contributed by atoms with Crippen molar-refractivity contribution in [3.8, 4) is 11.5 Å². The summed E-state index contributed by atoms with van der Waals surface area (Å²) in [6, 6.07) is 15.5. The molecule has 0 bridgehead atoms. The van der Waals surface area contributed by atoms with Crippen molar-refractivity contribution < 1.29 is 14.6 Å². The van der Waals surface area contributed by atoms with Crippen LogP contribution in [0.15, 0.2) is 48.5 Å². The quantitative estimate of drug-likeness (QED) is 0.848. The van der Waals surface area contributed by atoms with Gasteiger partial charge in [0.05, 0.1) is 13.7 Å². The number of piperazine rings is 1. The molecule has 144 valence electrons. The molecule has 1 saturated heterocycles. The highest BCUT2D eigenvalue weighted by atomic mass is 16.5. The van der Waals surface area contributed by atoms with Gasteiger partial charge in [-0.2, -0.15) is 0 Å². The van der Waals surface area contributed by atoms with Crippen LogP contribution in [0.3, 0.4) is 0 Å². The second kappa shape index (κ2) is 8.44. The van der Waals surface area contributed by atoms with Crippen LogP contribution in [0.25, 0.3) is 0 Å². The predicted octanol–water partition coefficient (Wildman–Crippen LogP) is 3.46. The van der Waals surface area contributed by atoms with E-state index < -0.39 is 0 Å². The van der Waals surface area contributed by atoms with Crippen molar-refractivity contribution in [1.29, 1.82) is 0 Å². The number of methoxy groups -OCH3 is 1. The molecule has 0 aliphatic carbocycles. The SMILES string of the molecule is COc1cccc(N2C(=O)CN(C(C)CCc3ccc(O)cc3)CC2C)c1. The van der Waals surface area contributed by atoms with Gasteiger partial charge in [0.15, 0.2) is 0 Å². The van der Waals surface area contributed by atoms with Gasteiger partial charge in [-0.25, -0.2) is 0 Å². The molecule has 0 aromatic heterocycles. The Kier molecular flexibility index (Phi) is 6.01. The van der Waals surface area contributed by atoms with Gasteiger partial charge < -0.3 is 14.7 Å². The maximum atomic E-state index is 12.8. The molecule has 1 fully saturated rings. The summed E-state index contributed by atoms with van der Waals surface area (Å²) in [5, 5.41) is 9.39. The van der Waals surface area contributed by atoms with E-state index in [4.69, 9.17) is 4.74 Å². The summed E-state index contributed by atoms with van der Waals surface area (Å²) in [7, 11) is 1.64. The Labute approximate surface area is 161 Å². The second-order valence-corrected chi connectivity index (χ2v) is 7.30. The van der Waals surface area contributed by atoms with Crippen molar-refractivity contribution in [3.63, 3.8) is 0 Å². The summed E-state index contributed by atoms with van der Waals surface area (Å²) < 4.78 is 5.29. The van der Waals surface area contributed by atoms with Gasteiger partial charge >= 0.3 is 0 Å². The first-order chi connectivity index (χ1) is 13.0. The van der Waals surface area contributed by atoms with E-state index in [-0.39, 0.29) is 11.9 Å². The minimum absolute atomic E-state index is 0.106. The summed E-state index contributed by atoms with van der Waals surface area (Å²) in [6.07, 6.45) is 1.91. The van der Waals surface area contributed by atoms with Crippen molar-refractivity contribution in [2.24, 2.45) is 0 Å². The molecular weight excluding hydrogens is 340 g/mol. The number of carbonyl (C=O) groups is 1. The number of amides is 1. The molecule has 0 spiro atoms. The molecular formula is C22H28N2O3. The van der Waals surface area contributed by atoms with Gasteiger partial charge in [0.25, 0.3) is 0 Å². The highest BCUT2D eigenvalue weighted by molar-refractivity contribution is 5.96. The summed E-state index contributed by atoms with van der Waals surface area (Å²) >= 11 is 0. The molecule has 1 aliphatic rings. The van der Waals surface area contributed by atoms with Crippen LogP contribution in [-0.2, 0) is 11.2 Å². The zero-order valence-corrected chi connectivity index (χ0v) is 16.3. The number of phenols is 1. The Morgan fingerprint density at radius 3 is 2.63 bits per heavy atom. The molecule has 2 aromatic rings. The zero-order valence-electron chi connectivity index (χ0n) is 16.3. The first-order valence-corrected chi connectivity index (χ1v) is 9.46. The van der Waals surface area contributed by atoms with Crippen LogP contribution < -0.4 is 9.64 Å². The molecule has 27 heavy (non-hydrogen) atoms. The Morgan fingerprint density at radius 2 is 1.96 bits per heavy atom. The summed E-state index contributed by atoms with van der Waals surface area (Å²) in [4.78, 5) is 17.0. The van der Waals surface area contributed by atoms with Crippen LogP contribution in [0, 0.1) is 0 Å². The van der Waals surface area contributed by atoms with Crippen molar-refractivity contribution >= 4 is 11.6 Å². The molecule has 2 atom stereocenters. The van der Waals surface area contributed by atoms with E-state index in [1.807, 2.05) is 41.3 Å². The number of ether oxygens (including phenoxy) is 1.